The molecular formula is C9H16N4O2S2. The quantitative estimate of drug-likeness (QED) is 0.772. The van der Waals surface area contributed by atoms with Crippen LogP contribution in [-0.2, 0) is 17.1 Å². The second-order valence-corrected chi connectivity index (χ2v) is 6.30. The lowest BCUT2D eigenvalue weighted by atomic mass is 10.2. The molecule has 0 saturated carbocycles. The topological polar surface area (TPSA) is 81.2 Å². The van der Waals surface area contributed by atoms with Crippen molar-refractivity contribution in [3.63, 3.8) is 0 Å². The summed E-state index contributed by atoms with van der Waals surface area (Å²) in [5, 5.41) is 3.99. The van der Waals surface area contributed by atoms with Gasteiger partial charge in [-0.1, -0.05) is 12.2 Å². The fourth-order valence-electron chi connectivity index (χ4n) is 1.42. The Hall–Kier alpha value is -0.990. The number of sulfonamides is 1. The second kappa shape index (κ2) is 5.11. The highest BCUT2D eigenvalue weighted by atomic mass is 32.2. The van der Waals surface area contributed by atoms with Gasteiger partial charge in [-0.3, -0.25) is 4.68 Å². The number of thiocarbonyl (C=S) groups is 1. The van der Waals surface area contributed by atoms with Crippen LogP contribution < -0.4 is 5.73 Å². The number of nitrogens with zero attached hydrogens (tertiary/aromatic N) is 3. The van der Waals surface area contributed by atoms with Gasteiger partial charge in [0.2, 0.25) is 0 Å². The van der Waals surface area contributed by atoms with Crippen LogP contribution in [0.25, 0.3) is 0 Å². The van der Waals surface area contributed by atoms with Crippen molar-refractivity contribution in [2.75, 3.05) is 7.05 Å². The molecule has 0 saturated heterocycles. The Balaban J connectivity index is 2.99. The highest BCUT2D eigenvalue weighted by Gasteiger charge is 2.27. The van der Waals surface area contributed by atoms with E-state index in [1.807, 2.05) is 0 Å². The molecule has 0 aliphatic carbocycles. The van der Waals surface area contributed by atoms with Crippen molar-refractivity contribution in [2.24, 2.45) is 12.8 Å². The molecule has 1 atom stereocenters. The van der Waals surface area contributed by atoms with Crippen LogP contribution in [0.3, 0.4) is 0 Å². The number of rotatable bonds is 5. The van der Waals surface area contributed by atoms with Gasteiger partial charge in [0.1, 0.15) is 0 Å². The Morgan fingerprint density at radius 3 is 2.71 bits per heavy atom. The lowest BCUT2D eigenvalue weighted by Gasteiger charge is -2.23. The fraction of sp³-hybridized carbons (Fsp3) is 0.556. The zero-order valence-electron chi connectivity index (χ0n) is 9.99. The minimum Gasteiger partial charge on any atom is -0.393 e. The molecule has 8 heteroatoms. The average Bonchev–Trinajstić information content (AvgIpc) is 2.62. The molecule has 0 fully saturated rings. The molecule has 17 heavy (non-hydrogen) atoms. The number of hydrogen-bond donors (Lipinski definition) is 1. The highest BCUT2D eigenvalue weighted by molar-refractivity contribution is 7.89. The van der Waals surface area contributed by atoms with Crippen LogP contribution in [0.2, 0.25) is 0 Å². The normalized spacial score (nSPS) is 13.9. The lowest BCUT2D eigenvalue weighted by Crippen LogP contribution is -2.38. The molecule has 2 N–H and O–H groups in total. The number of hydrogen-bond acceptors (Lipinski definition) is 4. The SMILES string of the molecule is CC(CC(N)=S)N(C)S(=O)(=O)c1ccnn1C. The van der Waals surface area contributed by atoms with E-state index in [1.165, 1.54) is 28.3 Å². The van der Waals surface area contributed by atoms with Crippen molar-refractivity contribution in [1.82, 2.24) is 14.1 Å². The third-order valence-corrected chi connectivity index (χ3v) is 4.75. The first kappa shape index (κ1) is 14.1. The van der Waals surface area contributed by atoms with Gasteiger partial charge in [-0.25, -0.2) is 8.42 Å². The van der Waals surface area contributed by atoms with E-state index in [1.54, 1.807) is 14.0 Å². The minimum absolute atomic E-state index is 0.148. The predicted molar refractivity (Wildman–Crippen MR) is 69.0 cm³/mol. The van der Waals surface area contributed by atoms with Crippen molar-refractivity contribution in [3.8, 4) is 0 Å². The molecule has 0 radical (unpaired) electrons. The molecule has 0 bridgehead atoms. The number of aromatic nitrogens is 2. The van der Waals surface area contributed by atoms with E-state index in [0.717, 1.165) is 0 Å². The molecule has 6 nitrogen and oxygen atoms in total. The van der Waals surface area contributed by atoms with Crippen LogP contribution in [-0.4, -0.2) is 40.6 Å². The molecule has 0 aliphatic heterocycles. The van der Waals surface area contributed by atoms with Gasteiger partial charge in [0.15, 0.2) is 5.03 Å². The van der Waals surface area contributed by atoms with E-state index < -0.39 is 10.0 Å². The molecule has 0 aliphatic rings. The standard InChI is InChI=1S/C9H16N4O2S2/c1-7(6-8(10)16)13(3)17(14,15)9-4-5-11-12(9)2/h4-5,7H,6H2,1-3H3,(H2,10,16). The van der Waals surface area contributed by atoms with Crippen LogP contribution in [0.1, 0.15) is 13.3 Å². The number of aryl methyl sites for hydroxylation is 1. The molecule has 0 spiro atoms. The molecule has 1 aromatic heterocycles. The average molecular weight is 276 g/mol. The molecule has 0 amide bonds. The van der Waals surface area contributed by atoms with Crippen molar-refractivity contribution < 1.29 is 8.42 Å². The lowest BCUT2D eigenvalue weighted by molar-refractivity contribution is 0.392. The van der Waals surface area contributed by atoms with Crippen LogP contribution in [0.4, 0.5) is 0 Å². The summed E-state index contributed by atoms with van der Waals surface area (Å²) >= 11 is 4.78. The van der Waals surface area contributed by atoms with Gasteiger partial charge in [-0.2, -0.15) is 9.40 Å². The number of nitrogens with two attached hydrogens (primary N) is 1. The zero-order valence-corrected chi connectivity index (χ0v) is 11.6. The summed E-state index contributed by atoms with van der Waals surface area (Å²) in [6.45, 7) is 1.76. The summed E-state index contributed by atoms with van der Waals surface area (Å²) in [4.78, 5) is 0.296. The summed E-state index contributed by atoms with van der Waals surface area (Å²) in [6.07, 6.45) is 1.79. The van der Waals surface area contributed by atoms with Gasteiger partial charge >= 0.3 is 0 Å². The van der Waals surface area contributed by atoms with Gasteiger partial charge in [0.05, 0.1) is 11.2 Å². The van der Waals surface area contributed by atoms with Crippen LogP contribution in [0.5, 0.6) is 0 Å². The van der Waals surface area contributed by atoms with E-state index >= 15 is 0 Å². The van der Waals surface area contributed by atoms with E-state index in [-0.39, 0.29) is 11.1 Å². The first-order chi connectivity index (χ1) is 7.76. The van der Waals surface area contributed by atoms with E-state index in [9.17, 15) is 8.42 Å². The minimum atomic E-state index is -3.55. The third kappa shape index (κ3) is 3.02. The first-order valence-corrected chi connectivity index (χ1v) is 6.86. The van der Waals surface area contributed by atoms with Crippen LogP contribution in [0, 0.1) is 0 Å². The molecule has 1 rings (SSSR count). The summed E-state index contributed by atoms with van der Waals surface area (Å²) in [7, 11) is -0.465. The fourth-order valence-corrected chi connectivity index (χ4v) is 3.12. The van der Waals surface area contributed by atoms with Gasteiger partial charge in [0.25, 0.3) is 10.0 Å². The maximum absolute atomic E-state index is 12.2. The summed E-state index contributed by atoms with van der Waals surface area (Å²) in [5.74, 6) is 0. The Bertz CT molecular complexity index is 509. The maximum atomic E-state index is 12.2. The smallest absolute Gasteiger partial charge is 0.260 e. The van der Waals surface area contributed by atoms with Gasteiger partial charge in [0, 0.05) is 26.6 Å². The monoisotopic (exact) mass is 276 g/mol. The Morgan fingerprint density at radius 1 is 1.71 bits per heavy atom. The van der Waals surface area contributed by atoms with Crippen molar-refractivity contribution in [3.05, 3.63) is 12.3 Å². The Labute approximate surface area is 106 Å². The van der Waals surface area contributed by atoms with Gasteiger partial charge in [-0.15, -0.1) is 0 Å². The van der Waals surface area contributed by atoms with E-state index in [2.05, 4.69) is 5.10 Å². The molecule has 1 heterocycles. The van der Waals surface area contributed by atoms with Gasteiger partial charge in [-0.05, 0) is 13.0 Å². The van der Waals surface area contributed by atoms with E-state index in [0.29, 0.717) is 11.4 Å². The van der Waals surface area contributed by atoms with Crippen molar-refractivity contribution >= 4 is 27.2 Å². The van der Waals surface area contributed by atoms with Crippen molar-refractivity contribution in [2.45, 2.75) is 24.4 Å². The van der Waals surface area contributed by atoms with Crippen molar-refractivity contribution in [1.29, 1.82) is 0 Å². The molecule has 96 valence electrons. The second-order valence-electron chi connectivity index (χ2n) is 3.83. The Morgan fingerprint density at radius 2 is 2.29 bits per heavy atom. The predicted octanol–water partition coefficient (Wildman–Crippen LogP) is 0.105. The highest BCUT2D eigenvalue weighted by Crippen LogP contribution is 2.16. The van der Waals surface area contributed by atoms with E-state index in [4.69, 9.17) is 18.0 Å². The zero-order chi connectivity index (χ0) is 13.2. The molecule has 0 aromatic carbocycles. The summed E-state index contributed by atoms with van der Waals surface area (Å²) < 4.78 is 27.0. The Kier molecular flexibility index (Phi) is 4.23. The van der Waals surface area contributed by atoms with Crippen LogP contribution >= 0.6 is 12.2 Å². The first-order valence-electron chi connectivity index (χ1n) is 5.01. The van der Waals surface area contributed by atoms with Gasteiger partial charge < -0.3 is 5.73 Å². The summed E-state index contributed by atoms with van der Waals surface area (Å²) in [6, 6.07) is 1.17. The van der Waals surface area contributed by atoms with Crippen LogP contribution in [0.15, 0.2) is 17.3 Å². The third-order valence-electron chi connectivity index (χ3n) is 2.54. The molecular weight excluding hydrogens is 260 g/mol. The molecule has 1 aromatic rings. The largest absolute Gasteiger partial charge is 0.393 e. The maximum Gasteiger partial charge on any atom is 0.260 e. The summed E-state index contributed by atoms with van der Waals surface area (Å²) in [5.41, 5.74) is 5.42. The molecule has 1 unspecified atom stereocenters.